The van der Waals surface area contributed by atoms with Crippen molar-refractivity contribution in [3.05, 3.63) is 0 Å². The van der Waals surface area contributed by atoms with E-state index in [4.69, 9.17) is 5.26 Å². The molecule has 0 unspecified atom stereocenters. The summed E-state index contributed by atoms with van der Waals surface area (Å²) in [5.41, 5.74) is 4.53. The molecule has 0 aromatic heterocycles. The maximum absolute atomic E-state index is 11.0. The zero-order valence-corrected chi connectivity index (χ0v) is 7.32. The Morgan fingerprint density at radius 1 is 1.62 bits per heavy atom. The van der Waals surface area contributed by atoms with E-state index in [1.165, 1.54) is 0 Å². The minimum atomic E-state index is -4.06. The minimum Gasteiger partial charge on any atom is -0.334 e. The highest BCUT2D eigenvalue weighted by Crippen LogP contribution is 2.19. The number of nitriles is 1. The summed E-state index contributed by atoms with van der Waals surface area (Å²) < 4.78 is 26.7. The Morgan fingerprint density at radius 3 is 2.54 bits per heavy atom. The van der Waals surface area contributed by atoms with Gasteiger partial charge in [-0.25, -0.2) is 4.79 Å². The van der Waals surface area contributed by atoms with Crippen LogP contribution in [0, 0.1) is 17.2 Å². The van der Waals surface area contributed by atoms with Gasteiger partial charge in [-0.05, 0) is 0 Å². The lowest BCUT2D eigenvalue weighted by Gasteiger charge is -2.32. The van der Waals surface area contributed by atoms with Crippen LogP contribution in [0.2, 0.25) is 0 Å². The van der Waals surface area contributed by atoms with Crippen molar-refractivity contribution in [3.63, 3.8) is 0 Å². The lowest BCUT2D eigenvalue weighted by atomic mass is 10.1. The largest absolute Gasteiger partial charge is 0.421 e. The van der Waals surface area contributed by atoms with Crippen molar-refractivity contribution in [2.75, 3.05) is 13.1 Å². The molecule has 0 radical (unpaired) electrons. The number of hydrogen-bond acceptors (Lipinski definition) is 5. The molecule has 72 valence electrons. The van der Waals surface area contributed by atoms with Crippen LogP contribution >= 0.6 is 0 Å². The van der Waals surface area contributed by atoms with Crippen molar-refractivity contribution < 1.29 is 17.4 Å². The first-order valence-electron chi connectivity index (χ1n) is 3.34. The van der Waals surface area contributed by atoms with Crippen molar-refractivity contribution in [3.8, 4) is 6.07 Å². The molecule has 7 nitrogen and oxygen atoms in total. The third-order valence-electron chi connectivity index (χ3n) is 1.53. The molecule has 1 saturated heterocycles. The molecule has 1 aliphatic heterocycles. The number of nitrogens with zero attached hydrogens (tertiary/aromatic N) is 2. The third kappa shape index (κ3) is 2.07. The Hall–Kier alpha value is -1.33. The minimum absolute atomic E-state index is 0.0477. The summed E-state index contributed by atoms with van der Waals surface area (Å²) in [6.45, 7) is 0.0955. The van der Waals surface area contributed by atoms with E-state index in [0.717, 1.165) is 4.31 Å². The van der Waals surface area contributed by atoms with E-state index in [0.29, 0.717) is 0 Å². The summed E-state index contributed by atoms with van der Waals surface area (Å²) in [5.74, 6) is -0.328. The number of carbonyl (C=O) groups is 1. The monoisotopic (exact) mass is 205 g/mol. The van der Waals surface area contributed by atoms with Crippen molar-refractivity contribution in [1.82, 2.24) is 4.31 Å². The van der Waals surface area contributed by atoms with E-state index >= 15 is 0 Å². The molecule has 0 aromatic carbocycles. The molecule has 0 atom stereocenters. The number of nitrogens with two attached hydrogens (primary N) is 1. The van der Waals surface area contributed by atoms with Gasteiger partial charge in [-0.15, -0.1) is 0 Å². The molecule has 8 heteroatoms. The van der Waals surface area contributed by atoms with Crippen LogP contribution in [0.25, 0.3) is 0 Å². The number of hydrogen-bond donors (Lipinski definition) is 1. The Kier molecular flexibility index (Phi) is 2.40. The molecule has 0 saturated carbocycles. The maximum Gasteiger partial charge on any atom is 0.421 e. The van der Waals surface area contributed by atoms with Crippen LogP contribution < -0.4 is 5.73 Å². The summed E-state index contributed by atoms with van der Waals surface area (Å²) in [7, 11) is -4.06. The van der Waals surface area contributed by atoms with Crippen molar-refractivity contribution in [2.24, 2.45) is 11.7 Å². The Labute approximate surface area is 74.9 Å². The van der Waals surface area contributed by atoms with Crippen LogP contribution in [-0.4, -0.2) is 31.9 Å². The summed E-state index contributed by atoms with van der Waals surface area (Å²) in [6, 6.07) is 1.88. The summed E-state index contributed by atoms with van der Waals surface area (Å²) in [5, 5.41) is 8.35. The highest BCUT2D eigenvalue weighted by Gasteiger charge is 2.37. The van der Waals surface area contributed by atoms with Crippen molar-refractivity contribution >= 4 is 16.4 Å². The smallest absolute Gasteiger partial charge is 0.334 e. The molecule has 1 heterocycles. The van der Waals surface area contributed by atoms with Crippen LogP contribution in [0.3, 0.4) is 0 Å². The molecule has 0 aromatic rings. The topological polar surface area (TPSA) is 113 Å². The molecule has 0 aliphatic carbocycles. The summed E-state index contributed by atoms with van der Waals surface area (Å²) in [6.07, 6.45) is -1.37. The first kappa shape index (κ1) is 9.76. The van der Waals surface area contributed by atoms with E-state index in [1.54, 1.807) is 0 Å². The molecular formula is C5H7N3O4S. The molecule has 2 N–H and O–H groups in total. The average molecular weight is 205 g/mol. The zero-order valence-electron chi connectivity index (χ0n) is 6.50. The van der Waals surface area contributed by atoms with Crippen LogP contribution in [0.4, 0.5) is 4.79 Å². The van der Waals surface area contributed by atoms with Crippen LogP contribution in [0.15, 0.2) is 0 Å². The first-order chi connectivity index (χ1) is 5.95. The van der Waals surface area contributed by atoms with E-state index in [-0.39, 0.29) is 19.0 Å². The van der Waals surface area contributed by atoms with E-state index in [9.17, 15) is 13.2 Å². The third-order valence-corrected chi connectivity index (χ3v) is 2.84. The summed E-state index contributed by atoms with van der Waals surface area (Å²) >= 11 is 0. The molecule has 1 aliphatic rings. The highest BCUT2D eigenvalue weighted by molar-refractivity contribution is 7.84. The number of primary amides is 1. The van der Waals surface area contributed by atoms with Crippen molar-refractivity contribution in [1.29, 1.82) is 5.26 Å². The molecular weight excluding hydrogens is 198 g/mol. The maximum atomic E-state index is 11.0. The van der Waals surface area contributed by atoms with Crippen molar-refractivity contribution in [2.45, 2.75) is 0 Å². The normalized spacial score (nSPS) is 18.7. The molecule has 13 heavy (non-hydrogen) atoms. The van der Waals surface area contributed by atoms with Gasteiger partial charge in [0, 0.05) is 13.1 Å². The lowest BCUT2D eigenvalue weighted by molar-refractivity contribution is 0.187. The van der Waals surface area contributed by atoms with Crippen LogP contribution in [0.1, 0.15) is 0 Å². The Morgan fingerprint density at radius 2 is 2.15 bits per heavy atom. The predicted octanol–water partition coefficient (Wildman–Crippen LogP) is -1.22. The number of amides is 1. The van der Waals surface area contributed by atoms with E-state index in [1.807, 2.05) is 6.07 Å². The second-order valence-corrected chi connectivity index (χ2v) is 4.04. The van der Waals surface area contributed by atoms with Gasteiger partial charge in [0.15, 0.2) is 0 Å². The predicted molar refractivity (Wildman–Crippen MR) is 40.3 cm³/mol. The fraction of sp³-hybridized carbons (Fsp3) is 0.600. The quantitative estimate of drug-likeness (QED) is 0.607. The van der Waals surface area contributed by atoms with Crippen LogP contribution in [0.5, 0.6) is 0 Å². The second-order valence-electron chi connectivity index (χ2n) is 2.50. The van der Waals surface area contributed by atoms with Gasteiger partial charge in [-0.2, -0.15) is 18.0 Å². The summed E-state index contributed by atoms with van der Waals surface area (Å²) in [4.78, 5) is 10.1. The van der Waals surface area contributed by atoms with Gasteiger partial charge >= 0.3 is 16.4 Å². The zero-order chi connectivity index (χ0) is 10.1. The number of carbonyl (C=O) groups excluding carboxylic acids is 1. The average Bonchev–Trinajstić information content (AvgIpc) is 1.79. The Balaban J connectivity index is 2.56. The van der Waals surface area contributed by atoms with Gasteiger partial charge < -0.3 is 9.92 Å². The van der Waals surface area contributed by atoms with Gasteiger partial charge in [0.05, 0.1) is 12.0 Å². The van der Waals surface area contributed by atoms with Gasteiger partial charge in [-0.3, -0.25) is 0 Å². The van der Waals surface area contributed by atoms with Crippen LogP contribution in [-0.2, 0) is 14.5 Å². The highest BCUT2D eigenvalue weighted by atomic mass is 32.2. The molecule has 1 rings (SSSR count). The lowest BCUT2D eigenvalue weighted by Crippen LogP contribution is -2.50. The molecule has 0 bridgehead atoms. The van der Waals surface area contributed by atoms with E-state index in [2.05, 4.69) is 9.92 Å². The van der Waals surface area contributed by atoms with Gasteiger partial charge in [0.1, 0.15) is 0 Å². The SMILES string of the molecule is N#CC1CN(S(=O)(=O)OC(N)=O)C1. The Bertz CT molecular complexity index is 350. The van der Waals surface area contributed by atoms with Gasteiger partial charge in [0.2, 0.25) is 0 Å². The fourth-order valence-corrected chi connectivity index (χ4v) is 1.90. The van der Waals surface area contributed by atoms with Gasteiger partial charge in [0.25, 0.3) is 0 Å². The van der Waals surface area contributed by atoms with E-state index < -0.39 is 16.4 Å². The first-order valence-corrected chi connectivity index (χ1v) is 4.71. The number of rotatable bonds is 2. The standard InChI is InChI=1S/C5H7N3O4S/c6-1-4-2-8(3-4)13(10,11)12-5(7)9/h4H,2-3H2,(H2,7,9). The second kappa shape index (κ2) is 3.20. The van der Waals surface area contributed by atoms with Gasteiger partial charge in [-0.1, -0.05) is 0 Å². The molecule has 1 amide bonds. The molecule has 0 spiro atoms. The molecule has 1 fully saturated rings. The fourth-order valence-electron chi connectivity index (χ4n) is 0.859.